The van der Waals surface area contributed by atoms with Crippen molar-refractivity contribution >= 4 is 29.5 Å². The molecule has 2 saturated heterocycles. The number of fused-ring (bicyclic) bond motifs is 3. The number of ether oxygens (including phenoxy) is 6. The number of nitrogens with one attached hydrogen (secondary N) is 1. The van der Waals surface area contributed by atoms with E-state index >= 15 is 0 Å². The SMILES string of the molecule is CNC(=O)O[C@H]1C(=O)N2CCCCC2C(=O)O[C@H]([C@H](C)C[C@@H]2CC[C@@H](O)[C@H](OC)C2)CC(=O)C(C)=CC(C)[C@@H](O)[C@@H](OC)C(=O)[C@H](C)C[C@H](C)C=CC=CC=C(C)[C@@H](OC)C[C@@H]2CC[C@@H](C)[C@@]1(O)O2. The lowest BCUT2D eigenvalue weighted by Gasteiger charge is -2.47. The average molecular weight is 973 g/mol. The van der Waals surface area contributed by atoms with Crippen LogP contribution in [-0.2, 0) is 47.6 Å². The second-order valence-electron chi connectivity index (χ2n) is 20.4. The van der Waals surface area contributed by atoms with Crippen molar-refractivity contribution in [1.82, 2.24) is 10.2 Å². The number of carbonyl (C=O) groups excluding carboxylic acids is 5. The summed E-state index contributed by atoms with van der Waals surface area (Å²) in [5, 5.41) is 36.9. The van der Waals surface area contributed by atoms with Crippen LogP contribution in [-0.4, -0.2) is 145 Å². The minimum absolute atomic E-state index is 0.0113. The minimum Gasteiger partial charge on any atom is -0.460 e. The van der Waals surface area contributed by atoms with Crippen LogP contribution >= 0.6 is 0 Å². The van der Waals surface area contributed by atoms with Crippen LogP contribution < -0.4 is 5.32 Å². The Morgan fingerprint density at radius 2 is 1.64 bits per heavy atom. The van der Waals surface area contributed by atoms with Crippen LogP contribution in [0, 0.1) is 35.5 Å². The molecule has 0 radical (unpaired) electrons. The maximum absolute atomic E-state index is 14.9. The van der Waals surface area contributed by atoms with Crippen LogP contribution in [0.3, 0.4) is 0 Å². The maximum Gasteiger partial charge on any atom is 0.407 e. The number of rotatable bonds is 7. The van der Waals surface area contributed by atoms with E-state index in [1.54, 1.807) is 41.1 Å². The zero-order valence-electron chi connectivity index (χ0n) is 43.1. The highest BCUT2D eigenvalue weighted by molar-refractivity contribution is 5.95. The first-order valence-corrected chi connectivity index (χ1v) is 25.2. The van der Waals surface area contributed by atoms with E-state index in [9.17, 15) is 39.3 Å². The molecule has 1 saturated carbocycles. The zero-order valence-corrected chi connectivity index (χ0v) is 43.1. The largest absolute Gasteiger partial charge is 0.460 e. The van der Waals surface area contributed by atoms with Crippen molar-refractivity contribution < 1.29 is 67.7 Å². The maximum atomic E-state index is 14.9. The molecule has 1 aliphatic carbocycles. The molecule has 16 atom stereocenters. The summed E-state index contributed by atoms with van der Waals surface area (Å²) in [5.74, 6) is -6.46. The number of nitrogens with zero attached hydrogens (tertiary/aromatic N) is 1. The van der Waals surface area contributed by atoms with Gasteiger partial charge >= 0.3 is 12.1 Å². The standard InChI is InChI=1S/C53H84N2O14/c1-31-17-13-12-14-18-32(2)43(64-9)29-39-22-20-37(7)53(63,69-39)49(68-52(62)54-8)50(60)55-24-16-15-19-40(55)51(61)67-44(34(4)27-38-21-23-41(56)45(28-38)65-10)30-42(57)33(3)26-36(6)47(59)48(66-11)46(58)35(5)25-31/h12-14,17-18,26,31,34-41,43-45,47-49,56,59,63H,15-16,19-25,27-30H2,1-11H3,(H,54,62)/t31-,34-,35-,36?,37-,38+,39+,40?,41-,43+,44+,45-,47-,48+,49+,53-/m1/s1. The summed E-state index contributed by atoms with van der Waals surface area (Å²) in [6, 6.07) is -1.14. The number of cyclic esters (lactones) is 1. The number of aliphatic hydroxyl groups excluding tert-OH is 2. The van der Waals surface area contributed by atoms with Gasteiger partial charge in [-0.1, -0.05) is 71.1 Å². The van der Waals surface area contributed by atoms with E-state index in [0.29, 0.717) is 69.8 Å². The topological polar surface area (TPSA) is 217 Å². The van der Waals surface area contributed by atoms with E-state index < -0.39 is 90.3 Å². The first-order chi connectivity index (χ1) is 32.7. The molecule has 16 nitrogen and oxygen atoms in total. The molecule has 4 rings (SSSR count). The van der Waals surface area contributed by atoms with E-state index in [4.69, 9.17) is 28.4 Å². The van der Waals surface area contributed by atoms with Crippen molar-refractivity contribution in [3.63, 3.8) is 0 Å². The van der Waals surface area contributed by atoms with Gasteiger partial charge in [-0.2, -0.15) is 0 Å². The third-order valence-electron chi connectivity index (χ3n) is 15.1. The molecular weight excluding hydrogens is 889 g/mol. The number of allylic oxidation sites excluding steroid dienone is 6. The molecule has 390 valence electrons. The predicted molar refractivity (Wildman–Crippen MR) is 259 cm³/mol. The number of ketones is 2. The molecule has 2 amide bonds. The van der Waals surface area contributed by atoms with Crippen LogP contribution in [0.15, 0.2) is 47.6 Å². The Labute approximate surface area is 410 Å². The molecule has 4 aliphatic rings. The Hall–Kier alpha value is -3.77. The van der Waals surface area contributed by atoms with E-state index in [0.717, 1.165) is 5.57 Å². The smallest absolute Gasteiger partial charge is 0.407 e. The summed E-state index contributed by atoms with van der Waals surface area (Å²) in [4.78, 5) is 71.8. The lowest BCUT2D eigenvalue weighted by molar-refractivity contribution is -0.316. The summed E-state index contributed by atoms with van der Waals surface area (Å²) >= 11 is 0. The number of piperidine rings is 1. The van der Waals surface area contributed by atoms with Gasteiger partial charge in [-0.25, -0.2) is 9.59 Å². The Bertz CT molecular complexity index is 1850. The van der Waals surface area contributed by atoms with Gasteiger partial charge in [0.15, 0.2) is 11.6 Å². The zero-order chi connectivity index (χ0) is 51.2. The molecular formula is C53H84N2O14. The third-order valence-corrected chi connectivity index (χ3v) is 15.1. The first-order valence-electron chi connectivity index (χ1n) is 25.2. The summed E-state index contributed by atoms with van der Waals surface area (Å²) < 4.78 is 35.6. The highest BCUT2D eigenvalue weighted by atomic mass is 16.7. The van der Waals surface area contributed by atoms with Crippen molar-refractivity contribution in [2.24, 2.45) is 35.5 Å². The molecule has 3 aliphatic heterocycles. The molecule has 4 N–H and O–H groups in total. The molecule has 0 spiro atoms. The number of amides is 2. The Kier molecular flexibility index (Phi) is 22.8. The van der Waals surface area contributed by atoms with Crippen LogP contribution in [0.25, 0.3) is 0 Å². The fourth-order valence-corrected chi connectivity index (χ4v) is 10.6. The lowest BCUT2D eigenvalue weighted by Crippen LogP contribution is -2.64. The van der Waals surface area contributed by atoms with Crippen molar-refractivity contribution in [3.05, 3.63) is 47.6 Å². The monoisotopic (exact) mass is 973 g/mol. The molecule has 0 aromatic rings. The highest BCUT2D eigenvalue weighted by Gasteiger charge is 2.56. The lowest BCUT2D eigenvalue weighted by atomic mass is 9.78. The molecule has 0 aromatic carbocycles. The number of aliphatic hydroxyl groups is 3. The second kappa shape index (κ2) is 27.2. The summed E-state index contributed by atoms with van der Waals surface area (Å²) in [7, 11) is 5.87. The van der Waals surface area contributed by atoms with Crippen molar-refractivity contribution in [1.29, 1.82) is 0 Å². The highest BCUT2D eigenvalue weighted by Crippen LogP contribution is 2.40. The fourth-order valence-electron chi connectivity index (χ4n) is 10.6. The van der Waals surface area contributed by atoms with Gasteiger partial charge in [-0.05, 0) is 107 Å². The Morgan fingerprint density at radius 1 is 0.913 bits per heavy atom. The first kappa shape index (κ1) is 57.8. The normalized spacial score (nSPS) is 37.2. The Balaban J connectivity index is 1.77. The minimum atomic E-state index is -2.28. The van der Waals surface area contributed by atoms with Crippen molar-refractivity contribution in [3.8, 4) is 0 Å². The molecule has 0 aromatic heterocycles. The second-order valence-corrected chi connectivity index (χ2v) is 20.4. The number of esters is 1. The van der Waals surface area contributed by atoms with Gasteiger partial charge in [0, 0.05) is 65.5 Å². The van der Waals surface area contributed by atoms with Crippen LogP contribution in [0.4, 0.5) is 4.79 Å². The van der Waals surface area contributed by atoms with Crippen LogP contribution in [0.2, 0.25) is 0 Å². The third kappa shape index (κ3) is 15.6. The van der Waals surface area contributed by atoms with E-state index in [-0.39, 0.29) is 54.8 Å². The molecule has 2 bridgehead atoms. The van der Waals surface area contributed by atoms with E-state index in [2.05, 4.69) is 5.32 Å². The number of carbonyl (C=O) groups is 5. The van der Waals surface area contributed by atoms with Crippen LogP contribution in [0.5, 0.6) is 0 Å². The predicted octanol–water partition coefficient (Wildman–Crippen LogP) is 6.34. The van der Waals surface area contributed by atoms with Gasteiger partial charge in [0.25, 0.3) is 5.91 Å². The number of Topliss-reactive ketones (excluding diaryl/α,β-unsaturated/α-hetero) is 2. The number of hydrogen-bond donors (Lipinski definition) is 4. The average Bonchev–Trinajstić information content (AvgIpc) is 3.32. The van der Waals surface area contributed by atoms with Gasteiger partial charge in [-0.3, -0.25) is 14.4 Å². The number of hydrogen-bond acceptors (Lipinski definition) is 14. The van der Waals surface area contributed by atoms with Crippen molar-refractivity contribution in [2.75, 3.05) is 34.9 Å². The van der Waals surface area contributed by atoms with E-state index in [1.165, 1.54) is 19.1 Å². The van der Waals surface area contributed by atoms with Gasteiger partial charge in [0.2, 0.25) is 11.9 Å². The molecule has 3 fully saturated rings. The quantitative estimate of drug-likeness (QED) is 0.205. The summed E-state index contributed by atoms with van der Waals surface area (Å²) in [5.41, 5.74) is 1.18. The van der Waals surface area contributed by atoms with Gasteiger partial charge < -0.3 is 54.0 Å². The summed E-state index contributed by atoms with van der Waals surface area (Å²) in [6.07, 6.45) is 8.29. The Morgan fingerprint density at radius 3 is 2.30 bits per heavy atom. The molecule has 2 unspecified atom stereocenters. The fraction of sp³-hybridized carbons (Fsp3) is 0.755. The number of methoxy groups -OCH3 is 3. The summed E-state index contributed by atoms with van der Waals surface area (Å²) in [6.45, 7) is 12.8. The van der Waals surface area contributed by atoms with Crippen molar-refractivity contribution in [2.45, 2.75) is 186 Å². The van der Waals surface area contributed by atoms with E-state index in [1.807, 2.05) is 58.1 Å². The molecule has 3 heterocycles. The molecule has 16 heteroatoms. The van der Waals surface area contributed by atoms with Gasteiger partial charge in [-0.15, -0.1) is 0 Å². The van der Waals surface area contributed by atoms with Crippen LogP contribution in [0.1, 0.15) is 126 Å². The van der Waals surface area contributed by atoms with Gasteiger partial charge in [0.1, 0.15) is 18.2 Å². The van der Waals surface area contributed by atoms with Gasteiger partial charge in [0.05, 0.1) is 30.5 Å². The molecule has 69 heavy (non-hydrogen) atoms. The number of alkyl carbamates (subject to hydrolysis) is 1.